The molecular formula is C18H21BrN2. The molecule has 1 aliphatic heterocycles. The molecule has 0 aromatic heterocycles. The van der Waals surface area contributed by atoms with Gasteiger partial charge in [-0.1, -0.05) is 30.3 Å². The van der Waals surface area contributed by atoms with Crippen molar-refractivity contribution in [1.29, 1.82) is 0 Å². The molecule has 0 amide bonds. The number of hydrogen-bond acceptors (Lipinski definition) is 2. The van der Waals surface area contributed by atoms with Gasteiger partial charge in [-0.2, -0.15) is 0 Å². The molecule has 21 heavy (non-hydrogen) atoms. The summed E-state index contributed by atoms with van der Waals surface area (Å²) in [4.78, 5) is 2.46. The average Bonchev–Trinajstić information content (AvgIpc) is 2.69. The highest BCUT2D eigenvalue weighted by Crippen LogP contribution is 2.32. The summed E-state index contributed by atoms with van der Waals surface area (Å²) in [6.07, 6.45) is 2.36. The van der Waals surface area contributed by atoms with E-state index in [0.29, 0.717) is 0 Å². The molecule has 1 aliphatic rings. The van der Waals surface area contributed by atoms with Gasteiger partial charge in [0.1, 0.15) is 0 Å². The van der Waals surface area contributed by atoms with Crippen LogP contribution in [0.3, 0.4) is 0 Å². The van der Waals surface area contributed by atoms with Gasteiger partial charge in [0.2, 0.25) is 0 Å². The van der Waals surface area contributed by atoms with Crippen molar-refractivity contribution in [3.8, 4) is 0 Å². The van der Waals surface area contributed by atoms with Crippen LogP contribution in [0.25, 0.3) is 0 Å². The van der Waals surface area contributed by atoms with Crippen LogP contribution in [0, 0.1) is 0 Å². The summed E-state index contributed by atoms with van der Waals surface area (Å²) in [7, 11) is 0. The molecule has 2 aromatic carbocycles. The molecule has 0 spiro atoms. The third kappa shape index (κ3) is 3.14. The minimum absolute atomic E-state index is 0.0696. The van der Waals surface area contributed by atoms with Gasteiger partial charge in [-0.15, -0.1) is 0 Å². The lowest BCUT2D eigenvalue weighted by atomic mass is 10.0. The van der Waals surface area contributed by atoms with Crippen LogP contribution < -0.4 is 10.6 Å². The zero-order valence-corrected chi connectivity index (χ0v) is 13.9. The minimum atomic E-state index is 0.0696. The normalized spacial score (nSPS) is 16.2. The van der Waals surface area contributed by atoms with Gasteiger partial charge in [0.05, 0.1) is 5.69 Å². The number of hydrogen-bond donors (Lipinski definition) is 1. The van der Waals surface area contributed by atoms with Gasteiger partial charge in [-0.05, 0) is 64.5 Å². The first kappa shape index (κ1) is 14.6. The van der Waals surface area contributed by atoms with E-state index in [4.69, 9.17) is 5.73 Å². The van der Waals surface area contributed by atoms with Gasteiger partial charge >= 0.3 is 0 Å². The van der Waals surface area contributed by atoms with Gasteiger partial charge in [-0.25, -0.2) is 0 Å². The van der Waals surface area contributed by atoms with E-state index < -0.39 is 0 Å². The van der Waals surface area contributed by atoms with Crippen molar-refractivity contribution in [2.24, 2.45) is 5.73 Å². The number of rotatable bonds is 2. The highest BCUT2D eigenvalue weighted by atomic mass is 79.9. The smallest absolute Gasteiger partial charge is 0.0513 e. The van der Waals surface area contributed by atoms with Crippen molar-refractivity contribution >= 4 is 21.6 Å². The number of benzene rings is 2. The van der Waals surface area contributed by atoms with Crippen molar-refractivity contribution in [2.45, 2.75) is 32.4 Å². The summed E-state index contributed by atoms with van der Waals surface area (Å²) in [5, 5.41) is 0. The van der Waals surface area contributed by atoms with Gasteiger partial charge in [-0.3, -0.25) is 0 Å². The van der Waals surface area contributed by atoms with E-state index in [0.717, 1.165) is 17.6 Å². The van der Waals surface area contributed by atoms with Gasteiger partial charge < -0.3 is 10.6 Å². The predicted octanol–water partition coefficient (Wildman–Crippen LogP) is 4.42. The van der Waals surface area contributed by atoms with Crippen LogP contribution in [0.2, 0.25) is 0 Å². The maximum Gasteiger partial charge on any atom is 0.0513 e. The summed E-state index contributed by atoms with van der Waals surface area (Å²) in [5.74, 6) is 0. The fraction of sp³-hybridized carbons (Fsp3) is 0.333. The Morgan fingerprint density at radius 2 is 1.90 bits per heavy atom. The monoisotopic (exact) mass is 344 g/mol. The van der Waals surface area contributed by atoms with E-state index in [9.17, 15) is 0 Å². The Bertz CT molecular complexity index is 637. The van der Waals surface area contributed by atoms with E-state index >= 15 is 0 Å². The Morgan fingerprint density at radius 3 is 2.62 bits per heavy atom. The Labute approximate surface area is 135 Å². The maximum atomic E-state index is 5.96. The zero-order chi connectivity index (χ0) is 14.8. The summed E-state index contributed by atoms with van der Waals surface area (Å²) in [6.45, 7) is 4.08. The number of fused-ring (bicyclic) bond motifs is 1. The first-order valence-corrected chi connectivity index (χ1v) is 8.31. The minimum Gasteiger partial charge on any atom is -0.366 e. The van der Waals surface area contributed by atoms with Crippen LogP contribution in [-0.4, -0.2) is 6.54 Å². The van der Waals surface area contributed by atoms with Crippen LogP contribution in [0.4, 0.5) is 5.69 Å². The molecule has 0 aliphatic carbocycles. The molecule has 0 fully saturated rings. The average molecular weight is 345 g/mol. The van der Waals surface area contributed by atoms with Crippen molar-refractivity contribution < 1.29 is 0 Å². The number of nitrogens with zero attached hydrogens (tertiary/aromatic N) is 1. The SMILES string of the molecule is CC(N)c1ccc(N2CCCc3ccccc3C2)c(Br)c1. The Morgan fingerprint density at radius 1 is 1.14 bits per heavy atom. The van der Waals surface area contributed by atoms with E-state index in [1.54, 1.807) is 0 Å². The molecule has 0 radical (unpaired) electrons. The third-order valence-corrected chi connectivity index (χ3v) is 4.83. The Balaban J connectivity index is 1.91. The van der Waals surface area contributed by atoms with Crippen LogP contribution >= 0.6 is 15.9 Å². The van der Waals surface area contributed by atoms with Gasteiger partial charge in [0, 0.05) is 23.6 Å². The second-order valence-corrected chi connectivity index (χ2v) is 6.65. The molecule has 3 heteroatoms. The maximum absolute atomic E-state index is 5.96. The van der Waals surface area contributed by atoms with Crippen LogP contribution in [0.5, 0.6) is 0 Å². The zero-order valence-electron chi connectivity index (χ0n) is 12.3. The molecule has 0 saturated heterocycles. The van der Waals surface area contributed by atoms with Gasteiger partial charge in [0.15, 0.2) is 0 Å². The molecule has 0 saturated carbocycles. The lowest BCUT2D eigenvalue weighted by molar-refractivity contribution is 0.762. The molecule has 0 bridgehead atoms. The molecule has 1 atom stereocenters. The standard InChI is InChI=1S/C18H21BrN2/c1-13(20)15-8-9-18(17(19)11-15)21-10-4-7-14-5-2-3-6-16(14)12-21/h2-3,5-6,8-9,11,13H,4,7,10,12,20H2,1H3. The highest BCUT2D eigenvalue weighted by Gasteiger charge is 2.16. The fourth-order valence-corrected chi connectivity index (χ4v) is 3.62. The first-order valence-electron chi connectivity index (χ1n) is 7.52. The number of anilines is 1. The van der Waals surface area contributed by atoms with E-state index in [-0.39, 0.29) is 6.04 Å². The number of halogens is 1. The molecular weight excluding hydrogens is 324 g/mol. The molecule has 2 N–H and O–H groups in total. The summed E-state index contributed by atoms with van der Waals surface area (Å²) in [6, 6.07) is 15.3. The van der Waals surface area contributed by atoms with E-state index in [1.165, 1.54) is 35.2 Å². The highest BCUT2D eigenvalue weighted by molar-refractivity contribution is 9.10. The summed E-state index contributed by atoms with van der Waals surface area (Å²) < 4.78 is 1.14. The topological polar surface area (TPSA) is 29.3 Å². The van der Waals surface area contributed by atoms with E-state index in [1.807, 2.05) is 6.92 Å². The van der Waals surface area contributed by atoms with Crippen LogP contribution in [0.1, 0.15) is 36.1 Å². The molecule has 2 aromatic rings. The second kappa shape index (κ2) is 6.20. The Kier molecular flexibility index (Phi) is 4.32. The number of aryl methyl sites for hydroxylation is 1. The third-order valence-electron chi connectivity index (χ3n) is 4.19. The molecule has 1 unspecified atom stereocenters. The fourth-order valence-electron chi connectivity index (χ4n) is 2.97. The first-order chi connectivity index (χ1) is 10.1. The predicted molar refractivity (Wildman–Crippen MR) is 92.6 cm³/mol. The van der Waals surface area contributed by atoms with Crippen molar-refractivity contribution in [1.82, 2.24) is 0 Å². The van der Waals surface area contributed by atoms with Crippen molar-refractivity contribution in [2.75, 3.05) is 11.4 Å². The van der Waals surface area contributed by atoms with Crippen LogP contribution in [0.15, 0.2) is 46.9 Å². The largest absolute Gasteiger partial charge is 0.366 e. The molecule has 3 rings (SSSR count). The van der Waals surface area contributed by atoms with E-state index in [2.05, 4.69) is 63.3 Å². The van der Waals surface area contributed by atoms with Gasteiger partial charge in [0.25, 0.3) is 0 Å². The van der Waals surface area contributed by atoms with Crippen LogP contribution in [-0.2, 0) is 13.0 Å². The van der Waals surface area contributed by atoms with Crippen molar-refractivity contribution in [3.63, 3.8) is 0 Å². The molecule has 2 nitrogen and oxygen atoms in total. The quantitative estimate of drug-likeness (QED) is 0.873. The molecule has 110 valence electrons. The Hall–Kier alpha value is -1.32. The summed E-state index contributed by atoms with van der Waals surface area (Å²) >= 11 is 3.72. The second-order valence-electron chi connectivity index (χ2n) is 5.79. The lowest BCUT2D eigenvalue weighted by Gasteiger charge is -2.25. The lowest BCUT2D eigenvalue weighted by Crippen LogP contribution is -2.23. The molecule has 1 heterocycles. The van der Waals surface area contributed by atoms with Crippen molar-refractivity contribution in [3.05, 3.63) is 63.6 Å². The number of nitrogens with two attached hydrogens (primary N) is 1. The summed E-state index contributed by atoms with van der Waals surface area (Å²) in [5.41, 5.74) is 11.3.